The van der Waals surface area contributed by atoms with E-state index in [-0.39, 0.29) is 17.5 Å². The van der Waals surface area contributed by atoms with Gasteiger partial charge in [0.2, 0.25) is 11.9 Å². The summed E-state index contributed by atoms with van der Waals surface area (Å²) < 4.78 is 1.29. The summed E-state index contributed by atoms with van der Waals surface area (Å²) in [5.41, 5.74) is 2.45. The first kappa shape index (κ1) is 20.4. The van der Waals surface area contributed by atoms with Crippen LogP contribution < -0.4 is 21.6 Å². The fourth-order valence-electron chi connectivity index (χ4n) is 3.48. The average molecular weight is 420 g/mol. The van der Waals surface area contributed by atoms with E-state index in [1.165, 1.54) is 4.68 Å². The zero-order chi connectivity index (χ0) is 21.8. The van der Waals surface area contributed by atoms with Gasteiger partial charge in [0.15, 0.2) is 0 Å². The normalized spacial score (nSPS) is 16.3. The van der Waals surface area contributed by atoms with Gasteiger partial charge in [0.25, 0.3) is 5.91 Å². The first-order valence-corrected chi connectivity index (χ1v) is 10.2. The van der Waals surface area contributed by atoms with E-state index in [1.54, 1.807) is 30.3 Å². The van der Waals surface area contributed by atoms with E-state index < -0.39 is 6.04 Å². The number of aryl methyl sites for hydroxylation is 1. The lowest BCUT2D eigenvalue weighted by Gasteiger charge is -2.15. The Kier molecular flexibility index (Phi) is 5.83. The quantitative estimate of drug-likeness (QED) is 0.503. The minimum Gasteiger partial charge on any atom is -0.354 e. The van der Waals surface area contributed by atoms with E-state index in [9.17, 15) is 14.4 Å². The molecule has 1 atom stereocenters. The molecule has 2 amide bonds. The number of hydrogen-bond acceptors (Lipinski definition) is 5. The molecule has 2 aromatic carbocycles. The van der Waals surface area contributed by atoms with Crippen LogP contribution in [0.5, 0.6) is 0 Å². The number of aromatic amines is 1. The van der Waals surface area contributed by atoms with Crippen LogP contribution in [-0.4, -0.2) is 39.2 Å². The van der Waals surface area contributed by atoms with Crippen LogP contribution in [0.25, 0.3) is 5.69 Å². The van der Waals surface area contributed by atoms with Crippen molar-refractivity contribution in [2.75, 3.05) is 11.9 Å². The van der Waals surface area contributed by atoms with Crippen molar-refractivity contribution in [1.82, 2.24) is 25.4 Å². The van der Waals surface area contributed by atoms with Crippen LogP contribution in [-0.2, 0) is 4.79 Å². The monoisotopic (exact) mass is 420 g/mol. The molecule has 1 aromatic heterocycles. The third-order valence-corrected chi connectivity index (χ3v) is 5.11. The molecule has 1 aliphatic heterocycles. The van der Waals surface area contributed by atoms with Crippen LogP contribution in [0.1, 0.15) is 35.2 Å². The van der Waals surface area contributed by atoms with Gasteiger partial charge in [-0.1, -0.05) is 12.1 Å². The minimum absolute atomic E-state index is 0.141. The first-order valence-electron chi connectivity index (χ1n) is 10.2. The maximum absolute atomic E-state index is 12.5. The standard InChI is InChI=1S/C22H24N6O3/c1-14-5-4-6-17(13-14)28-22(31)26-21(27-28)24-16-10-8-15(9-11-16)19(29)25-18-7-2-3-12-23-20(18)30/h4-6,8-11,13,18H,2-3,7,12H2,1H3,(H,23,30)(H,25,29)(H2,24,26,27,31). The van der Waals surface area contributed by atoms with Crippen molar-refractivity contribution < 1.29 is 9.59 Å². The summed E-state index contributed by atoms with van der Waals surface area (Å²) in [4.78, 5) is 39.4. The van der Waals surface area contributed by atoms with Crippen LogP contribution in [0.4, 0.5) is 11.6 Å². The SMILES string of the molecule is Cc1cccc(-n2nc(Nc3ccc(C(=O)NC4CCCCNC4=O)cc3)[nH]c2=O)c1. The molecule has 2 heterocycles. The van der Waals surface area contributed by atoms with E-state index in [0.717, 1.165) is 18.4 Å². The predicted octanol–water partition coefficient (Wildman–Crippen LogP) is 2.01. The Morgan fingerprint density at radius 3 is 2.71 bits per heavy atom. The first-order chi connectivity index (χ1) is 15.0. The molecule has 9 nitrogen and oxygen atoms in total. The van der Waals surface area contributed by atoms with Gasteiger partial charge in [0, 0.05) is 17.8 Å². The van der Waals surface area contributed by atoms with Crippen LogP contribution >= 0.6 is 0 Å². The summed E-state index contributed by atoms with van der Waals surface area (Å²) in [5, 5.41) is 12.9. The van der Waals surface area contributed by atoms with Crippen LogP contribution in [0.15, 0.2) is 53.3 Å². The molecule has 9 heteroatoms. The van der Waals surface area contributed by atoms with Gasteiger partial charge in [0.1, 0.15) is 6.04 Å². The Balaban J connectivity index is 1.43. The summed E-state index contributed by atoms with van der Waals surface area (Å²) in [6.07, 6.45) is 2.44. The molecule has 31 heavy (non-hydrogen) atoms. The summed E-state index contributed by atoms with van der Waals surface area (Å²) in [6.45, 7) is 2.59. The molecular weight excluding hydrogens is 396 g/mol. The Bertz CT molecular complexity index is 1150. The van der Waals surface area contributed by atoms with Crippen molar-refractivity contribution >= 4 is 23.5 Å². The molecular formula is C22H24N6O3. The Morgan fingerprint density at radius 1 is 1.13 bits per heavy atom. The number of carbonyl (C=O) groups excluding carboxylic acids is 2. The number of nitrogens with one attached hydrogen (secondary N) is 4. The molecule has 0 aliphatic carbocycles. The Hall–Kier alpha value is -3.88. The highest BCUT2D eigenvalue weighted by Crippen LogP contribution is 2.15. The maximum atomic E-state index is 12.5. The molecule has 1 fully saturated rings. The van der Waals surface area contributed by atoms with Gasteiger partial charge in [-0.25, -0.2) is 4.79 Å². The number of anilines is 2. The smallest absolute Gasteiger partial charge is 0.349 e. The highest BCUT2D eigenvalue weighted by Gasteiger charge is 2.22. The molecule has 160 valence electrons. The van der Waals surface area contributed by atoms with Crippen molar-refractivity contribution in [3.05, 3.63) is 70.1 Å². The van der Waals surface area contributed by atoms with E-state index in [4.69, 9.17) is 0 Å². The van der Waals surface area contributed by atoms with Gasteiger partial charge < -0.3 is 16.0 Å². The van der Waals surface area contributed by atoms with Gasteiger partial charge in [-0.05, 0) is 68.1 Å². The molecule has 0 bridgehead atoms. The molecule has 4 N–H and O–H groups in total. The molecule has 0 radical (unpaired) electrons. The molecule has 0 spiro atoms. The minimum atomic E-state index is -0.511. The number of carbonyl (C=O) groups is 2. The average Bonchev–Trinajstić information content (AvgIpc) is 3.00. The van der Waals surface area contributed by atoms with E-state index in [1.807, 2.05) is 25.1 Å². The Labute approximate surface area is 178 Å². The second-order valence-electron chi connectivity index (χ2n) is 7.54. The number of aromatic nitrogens is 3. The topological polar surface area (TPSA) is 121 Å². The number of amides is 2. The van der Waals surface area contributed by atoms with E-state index >= 15 is 0 Å². The summed E-state index contributed by atoms with van der Waals surface area (Å²) in [6, 6.07) is 13.7. The van der Waals surface area contributed by atoms with E-state index in [0.29, 0.717) is 35.9 Å². The fourth-order valence-corrected chi connectivity index (χ4v) is 3.48. The second-order valence-corrected chi connectivity index (χ2v) is 7.54. The highest BCUT2D eigenvalue weighted by molar-refractivity contribution is 5.97. The predicted molar refractivity (Wildman–Crippen MR) is 117 cm³/mol. The number of rotatable bonds is 5. The largest absolute Gasteiger partial charge is 0.354 e. The second kappa shape index (κ2) is 8.86. The van der Waals surface area contributed by atoms with Crippen LogP contribution in [0.3, 0.4) is 0 Å². The zero-order valence-corrected chi connectivity index (χ0v) is 17.1. The van der Waals surface area contributed by atoms with Crippen molar-refractivity contribution in [3.63, 3.8) is 0 Å². The van der Waals surface area contributed by atoms with Gasteiger partial charge in [-0.15, -0.1) is 5.10 Å². The molecule has 1 unspecified atom stereocenters. The molecule has 1 saturated heterocycles. The summed E-state index contributed by atoms with van der Waals surface area (Å²) in [7, 11) is 0. The lowest BCUT2D eigenvalue weighted by atomic mass is 10.1. The summed E-state index contributed by atoms with van der Waals surface area (Å²) >= 11 is 0. The van der Waals surface area contributed by atoms with Gasteiger partial charge in [0.05, 0.1) is 5.69 Å². The van der Waals surface area contributed by atoms with E-state index in [2.05, 4.69) is 26.0 Å². The molecule has 1 aliphatic rings. The molecule has 3 aromatic rings. The molecule has 0 saturated carbocycles. The lowest BCUT2D eigenvalue weighted by Crippen LogP contribution is -2.45. The maximum Gasteiger partial charge on any atom is 0.349 e. The van der Waals surface area contributed by atoms with Gasteiger partial charge >= 0.3 is 5.69 Å². The van der Waals surface area contributed by atoms with Crippen LogP contribution in [0, 0.1) is 6.92 Å². The van der Waals surface area contributed by atoms with Gasteiger partial charge in [-0.3, -0.25) is 14.6 Å². The van der Waals surface area contributed by atoms with Gasteiger partial charge in [-0.2, -0.15) is 4.68 Å². The third kappa shape index (κ3) is 4.82. The Morgan fingerprint density at radius 2 is 1.94 bits per heavy atom. The fraction of sp³-hybridized carbons (Fsp3) is 0.273. The number of nitrogens with zero attached hydrogens (tertiary/aromatic N) is 2. The zero-order valence-electron chi connectivity index (χ0n) is 17.1. The number of H-pyrrole nitrogens is 1. The molecule has 4 rings (SSSR count). The number of hydrogen-bond donors (Lipinski definition) is 4. The summed E-state index contributed by atoms with van der Waals surface area (Å²) in [5.74, 6) is -0.151. The van der Waals surface area contributed by atoms with Crippen molar-refractivity contribution in [2.45, 2.75) is 32.2 Å². The third-order valence-electron chi connectivity index (χ3n) is 5.11. The van der Waals surface area contributed by atoms with Crippen molar-refractivity contribution in [2.24, 2.45) is 0 Å². The van der Waals surface area contributed by atoms with Crippen molar-refractivity contribution in [3.8, 4) is 5.69 Å². The van der Waals surface area contributed by atoms with Crippen molar-refractivity contribution in [1.29, 1.82) is 0 Å². The highest BCUT2D eigenvalue weighted by atomic mass is 16.2. The lowest BCUT2D eigenvalue weighted by molar-refractivity contribution is -0.122. The van der Waals surface area contributed by atoms with Crippen LogP contribution in [0.2, 0.25) is 0 Å². The number of benzene rings is 2.